The predicted molar refractivity (Wildman–Crippen MR) is 203 cm³/mol. The molecule has 0 saturated heterocycles. The van der Waals surface area contributed by atoms with Crippen LogP contribution in [0.25, 0.3) is 94.7 Å². The normalized spacial score (nSPS) is 11.6. The Kier molecular flexibility index (Phi) is 6.42. The number of para-hydroxylation sites is 2. The molecule has 3 heterocycles. The number of benzene rings is 7. The van der Waals surface area contributed by atoms with Crippen molar-refractivity contribution in [2.75, 3.05) is 0 Å². The summed E-state index contributed by atoms with van der Waals surface area (Å²) in [6.45, 7) is 0. The fraction of sp³-hybridized carbons (Fsp3) is 0. The summed E-state index contributed by atoms with van der Waals surface area (Å²) in [7, 11) is 0. The molecule has 0 radical (unpaired) electrons. The van der Waals surface area contributed by atoms with Crippen molar-refractivity contribution in [2.24, 2.45) is 0 Å². The summed E-state index contributed by atoms with van der Waals surface area (Å²) in [6, 6.07) is 58.5. The van der Waals surface area contributed by atoms with Crippen LogP contribution in [-0.4, -0.2) is 19.5 Å². The van der Waals surface area contributed by atoms with E-state index >= 15 is 0 Å². The van der Waals surface area contributed by atoms with Gasteiger partial charge in [0.1, 0.15) is 11.2 Å². The molecule has 0 spiro atoms. The predicted octanol–water partition coefficient (Wildman–Crippen LogP) is 11.5. The molecule has 5 nitrogen and oxygen atoms in total. The molecule has 0 bridgehead atoms. The number of fused-ring (bicyclic) bond motifs is 6. The second kappa shape index (κ2) is 11.4. The highest BCUT2D eigenvalue weighted by Crippen LogP contribution is 2.43. The number of rotatable bonds is 5. The molecule has 0 saturated carbocycles. The van der Waals surface area contributed by atoms with Crippen LogP contribution in [0, 0.1) is 0 Å². The molecule has 0 aliphatic heterocycles. The van der Waals surface area contributed by atoms with Gasteiger partial charge in [-0.25, -0.2) is 15.0 Å². The van der Waals surface area contributed by atoms with E-state index in [1.807, 2.05) is 66.7 Å². The van der Waals surface area contributed by atoms with Crippen LogP contribution in [0.5, 0.6) is 0 Å². The van der Waals surface area contributed by atoms with Gasteiger partial charge in [-0.15, -0.1) is 0 Å². The minimum Gasteiger partial charge on any atom is -0.456 e. The lowest BCUT2D eigenvalue weighted by Gasteiger charge is -2.11. The molecule has 7 aromatic carbocycles. The third-order valence-corrected chi connectivity index (χ3v) is 9.42. The molecule has 0 fully saturated rings. The van der Waals surface area contributed by atoms with Crippen molar-refractivity contribution >= 4 is 43.7 Å². The Balaban J connectivity index is 1.26. The van der Waals surface area contributed by atoms with Crippen molar-refractivity contribution in [3.05, 3.63) is 170 Å². The summed E-state index contributed by atoms with van der Waals surface area (Å²) in [5, 5.41) is 4.52. The molecule has 50 heavy (non-hydrogen) atoms. The van der Waals surface area contributed by atoms with Gasteiger partial charge >= 0.3 is 0 Å². The largest absolute Gasteiger partial charge is 0.456 e. The third kappa shape index (κ3) is 4.60. The number of furan rings is 1. The van der Waals surface area contributed by atoms with Crippen LogP contribution in [-0.2, 0) is 0 Å². The molecule has 5 heteroatoms. The fourth-order valence-electron chi connectivity index (χ4n) is 7.14. The molecular formula is C45H28N4O. The standard InChI is InChI=1S/C45H28N4O/c1-5-15-29(16-6-1)35-25-32(45-47-43(30-17-7-2-8-18-30)46-44(48-45)31-19-9-3-10-20-31)26-41-42(35)37-27-36-34-23-13-14-24-38(34)49(33-21-11-4-12-22-33)39(36)28-40(37)50-41/h1-28H. The highest BCUT2D eigenvalue weighted by molar-refractivity contribution is 6.20. The fourth-order valence-corrected chi connectivity index (χ4v) is 7.14. The highest BCUT2D eigenvalue weighted by atomic mass is 16.3. The Bertz CT molecular complexity index is 2780. The number of nitrogens with zero attached hydrogens (tertiary/aromatic N) is 4. The quantitative estimate of drug-likeness (QED) is 0.188. The molecule has 0 atom stereocenters. The first-order valence-corrected chi connectivity index (χ1v) is 16.7. The zero-order valence-corrected chi connectivity index (χ0v) is 26.9. The van der Waals surface area contributed by atoms with Gasteiger partial charge in [-0.05, 0) is 47.5 Å². The first-order valence-electron chi connectivity index (χ1n) is 16.7. The lowest BCUT2D eigenvalue weighted by atomic mass is 9.96. The Labute approximate surface area is 287 Å². The number of hydrogen-bond donors (Lipinski definition) is 0. The first kappa shape index (κ1) is 28.2. The summed E-state index contributed by atoms with van der Waals surface area (Å²) in [5.41, 5.74) is 9.85. The zero-order valence-electron chi connectivity index (χ0n) is 26.9. The zero-order chi connectivity index (χ0) is 33.0. The second-order valence-corrected chi connectivity index (χ2v) is 12.5. The van der Waals surface area contributed by atoms with Gasteiger partial charge < -0.3 is 8.98 Å². The highest BCUT2D eigenvalue weighted by Gasteiger charge is 2.21. The first-order chi connectivity index (χ1) is 24.8. The molecule has 0 N–H and O–H groups in total. The molecule has 234 valence electrons. The lowest BCUT2D eigenvalue weighted by molar-refractivity contribution is 0.669. The molecule has 0 aliphatic rings. The minimum atomic E-state index is 0.587. The van der Waals surface area contributed by atoms with E-state index in [2.05, 4.69) is 108 Å². The summed E-state index contributed by atoms with van der Waals surface area (Å²) in [4.78, 5) is 15.0. The maximum Gasteiger partial charge on any atom is 0.164 e. The number of hydrogen-bond acceptors (Lipinski definition) is 4. The molecule has 10 rings (SSSR count). The van der Waals surface area contributed by atoms with E-state index in [4.69, 9.17) is 19.4 Å². The molecule has 0 unspecified atom stereocenters. The van der Waals surface area contributed by atoms with Gasteiger partial charge in [0.15, 0.2) is 17.5 Å². The molecule has 0 aliphatic carbocycles. The van der Waals surface area contributed by atoms with Gasteiger partial charge in [0.05, 0.1) is 11.0 Å². The van der Waals surface area contributed by atoms with E-state index in [1.165, 1.54) is 10.8 Å². The van der Waals surface area contributed by atoms with Crippen LogP contribution in [0.1, 0.15) is 0 Å². The van der Waals surface area contributed by atoms with E-state index in [0.29, 0.717) is 17.5 Å². The van der Waals surface area contributed by atoms with Gasteiger partial charge in [0.2, 0.25) is 0 Å². The van der Waals surface area contributed by atoms with E-state index in [9.17, 15) is 0 Å². The molecule has 3 aromatic heterocycles. The van der Waals surface area contributed by atoms with Crippen molar-refractivity contribution in [2.45, 2.75) is 0 Å². The van der Waals surface area contributed by atoms with Crippen LogP contribution in [0.2, 0.25) is 0 Å². The molecule has 0 amide bonds. The Morgan fingerprint density at radius 2 is 0.920 bits per heavy atom. The van der Waals surface area contributed by atoms with E-state index in [-0.39, 0.29) is 0 Å². The molecule has 10 aromatic rings. The van der Waals surface area contributed by atoms with Crippen LogP contribution >= 0.6 is 0 Å². The van der Waals surface area contributed by atoms with Gasteiger partial charge in [-0.1, -0.05) is 127 Å². The summed E-state index contributed by atoms with van der Waals surface area (Å²) < 4.78 is 9.14. The third-order valence-electron chi connectivity index (χ3n) is 9.42. The Hall–Kier alpha value is -6.85. The average Bonchev–Trinajstić information content (AvgIpc) is 3.72. The Morgan fingerprint density at radius 1 is 0.380 bits per heavy atom. The van der Waals surface area contributed by atoms with Crippen LogP contribution in [0.3, 0.4) is 0 Å². The van der Waals surface area contributed by atoms with Crippen molar-refractivity contribution in [3.63, 3.8) is 0 Å². The van der Waals surface area contributed by atoms with Gasteiger partial charge in [-0.2, -0.15) is 0 Å². The van der Waals surface area contributed by atoms with Crippen LogP contribution in [0.15, 0.2) is 174 Å². The van der Waals surface area contributed by atoms with Crippen molar-refractivity contribution in [3.8, 4) is 51.0 Å². The number of aromatic nitrogens is 4. The second-order valence-electron chi connectivity index (χ2n) is 12.5. The maximum absolute atomic E-state index is 6.82. The molecular weight excluding hydrogens is 613 g/mol. The summed E-state index contributed by atoms with van der Waals surface area (Å²) in [5.74, 6) is 1.83. The Morgan fingerprint density at radius 3 is 1.56 bits per heavy atom. The topological polar surface area (TPSA) is 56.7 Å². The summed E-state index contributed by atoms with van der Waals surface area (Å²) in [6.07, 6.45) is 0. The van der Waals surface area contributed by atoms with Gasteiger partial charge in [0.25, 0.3) is 0 Å². The van der Waals surface area contributed by atoms with E-state index < -0.39 is 0 Å². The van der Waals surface area contributed by atoms with Crippen LogP contribution in [0.4, 0.5) is 0 Å². The van der Waals surface area contributed by atoms with E-state index in [0.717, 1.165) is 66.5 Å². The van der Waals surface area contributed by atoms with Crippen molar-refractivity contribution < 1.29 is 4.42 Å². The smallest absolute Gasteiger partial charge is 0.164 e. The lowest BCUT2D eigenvalue weighted by Crippen LogP contribution is -2.00. The minimum absolute atomic E-state index is 0.587. The van der Waals surface area contributed by atoms with Gasteiger partial charge in [0, 0.05) is 50.0 Å². The van der Waals surface area contributed by atoms with Crippen molar-refractivity contribution in [1.82, 2.24) is 19.5 Å². The maximum atomic E-state index is 6.82. The van der Waals surface area contributed by atoms with Gasteiger partial charge in [-0.3, -0.25) is 0 Å². The van der Waals surface area contributed by atoms with Crippen molar-refractivity contribution in [1.29, 1.82) is 0 Å². The SMILES string of the molecule is c1ccc(-c2nc(-c3ccccc3)nc(-c3cc(-c4ccccc4)c4c(c3)oc3cc5c(cc34)c3ccccc3n5-c3ccccc3)n2)cc1. The van der Waals surface area contributed by atoms with Crippen LogP contribution < -0.4 is 0 Å². The average molecular weight is 641 g/mol. The van der Waals surface area contributed by atoms with E-state index in [1.54, 1.807) is 0 Å². The monoisotopic (exact) mass is 640 g/mol. The summed E-state index contributed by atoms with van der Waals surface area (Å²) >= 11 is 0.